The molecule has 1 aliphatic rings. The Balaban J connectivity index is 1.50. The summed E-state index contributed by atoms with van der Waals surface area (Å²) in [6, 6.07) is 9.27. The van der Waals surface area contributed by atoms with E-state index in [4.69, 9.17) is 4.52 Å². The molecule has 0 spiro atoms. The topological polar surface area (TPSA) is 59.2 Å². The van der Waals surface area contributed by atoms with Gasteiger partial charge < -0.3 is 9.42 Å². The summed E-state index contributed by atoms with van der Waals surface area (Å²) in [5, 5.41) is 3.87. The summed E-state index contributed by atoms with van der Waals surface area (Å²) < 4.78 is 45.8. The van der Waals surface area contributed by atoms with E-state index in [1.807, 2.05) is 0 Å². The Kier molecular flexibility index (Phi) is 4.39. The number of amides is 1. The summed E-state index contributed by atoms with van der Waals surface area (Å²) in [6.07, 6.45) is 0.138. The molecule has 1 unspecified atom stereocenters. The lowest BCUT2D eigenvalue weighted by Gasteiger charge is -2.16. The molecule has 1 amide bonds. The Morgan fingerprint density at radius 2 is 1.93 bits per heavy atom. The van der Waals surface area contributed by atoms with Crippen molar-refractivity contribution in [3.05, 3.63) is 71.3 Å². The summed E-state index contributed by atoms with van der Waals surface area (Å²) >= 11 is 0. The Morgan fingerprint density at radius 3 is 2.70 bits per heavy atom. The Morgan fingerprint density at radius 1 is 1.11 bits per heavy atom. The maximum Gasteiger partial charge on any atom is 0.260 e. The summed E-state index contributed by atoms with van der Waals surface area (Å²) in [6.45, 7) is 0.297. The van der Waals surface area contributed by atoms with Crippen LogP contribution in [0.15, 0.2) is 47.0 Å². The average Bonchev–Trinajstić information content (AvgIpc) is 3.25. The maximum atomic E-state index is 13.8. The summed E-state index contributed by atoms with van der Waals surface area (Å²) in [5.74, 6) is -2.06. The van der Waals surface area contributed by atoms with Gasteiger partial charge in [-0.25, -0.2) is 13.2 Å². The van der Waals surface area contributed by atoms with Crippen molar-refractivity contribution in [3.63, 3.8) is 0 Å². The predicted octanol–water partition coefficient (Wildman–Crippen LogP) is 3.67. The van der Waals surface area contributed by atoms with Crippen molar-refractivity contribution in [1.82, 2.24) is 15.0 Å². The zero-order chi connectivity index (χ0) is 19.0. The lowest BCUT2D eigenvalue weighted by Crippen LogP contribution is -2.25. The quantitative estimate of drug-likeness (QED) is 0.700. The Bertz CT molecular complexity index is 1010. The summed E-state index contributed by atoms with van der Waals surface area (Å²) in [4.78, 5) is 17.9. The van der Waals surface area contributed by atoms with Gasteiger partial charge in [-0.2, -0.15) is 4.98 Å². The number of benzene rings is 2. The normalized spacial score (nSPS) is 16.9. The molecule has 138 valence electrons. The van der Waals surface area contributed by atoms with Crippen molar-refractivity contribution < 1.29 is 22.5 Å². The van der Waals surface area contributed by atoms with Gasteiger partial charge in [-0.05, 0) is 18.2 Å². The van der Waals surface area contributed by atoms with Crippen molar-refractivity contribution >= 4 is 5.91 Å². The van der Waals surface area contributed by atoms with Crippen LogP contribution >= 0.6 is 0 Å². The second-order valence-corrected chi connectivity index (χ2v) is 6.35. The van der Waals surface area contributed by atoms with Gasteiger partial charge in [0.25, 0.3) is 5.89 Å². The third-order valence-electron chi connectivity index (χ3n) is 4.50. The third kappa shape index (κ3) is 3.42. The lowest BCUT2D eigenvalue weighted by atomic mass is 10.1. The SMILES string of the molecule is O=C1CC(c2noc(-c3ccccc3F)n2)CN1Cc1ccc(F)cc1F. The van der Waals surface area contributed by atoms with Crippen molar-refractivity contribution in [2.24, 2.45) is 0 Å². The number of aromatic nitrogens is 2. The first-order valence-corrected chi connectivity index (χ1v) is 8.31. The number of nitrogens with zero attached hydrogens (tertiary/aromatic N) is 3. The first-order valence-electron chi connectivity index (χ1n) is 8.31. The minimum Gasteiger partial charge on any atom is -0.337 e. The van der Waals surface area contributed by atoms with E-state index < -0.39 is 17.5 Å². The molecule has 0 saturated carbocycles. The molecule has 2 heterocycles. The van der Waals surface area contributed by atoms with Crippen LogP contribution in [-0.4, -0.2) is 27.5 Å². The standard InChI is InChI=1S/C19H14F3N3O2/c20-13-6-5-11(16(22)8-13)9-25-10-12(7-17(25)26)18-23-19(27-24-18)14-3-1-2-4-15(14)21/h1-6,8,12H,7,9-10H2. The van der Waals surface area contributed by atoms with Crippen molar-refractivity contribution in [1.29, 1.82) is 0 Å². The van der Waals surface area contributed by atoms with Gasteiger partial charge in [0.2, 0.25) is 5.91 Å². The van der Waals surface area contributed by atoms with Crippen molar-refractivity contribution in [2.45, 2.75) is 18.9 Å². The van der Waals surface area contributed by atoms with E-state index in [1.165, 1.54) is 23.1 Å². The predicted molar refractivity (Wildman–Crippen MR) is 88.8 cm³/mol. The van der Waals surface area contributed by atoms with Crippen LogP contribution in [0, 0.1) is 17.5 Å². The second-order valence-electron chi connectivity index (χ2n) is 6.35. The number of carbonyl (C=O) groups excluding carboxylic acids is 1. The van der Waals surface area contributed by atoms with Crippen LogP contribution in [0.5, 0.6) is 0 Å². The van der Waals surface area contributed by atoms with Gasteiger partial charge in [0, 0.05) is 37.1 Å². The van der Waals surface area contributed by atoms with E-state index in [1.54, 1.807) is 12.1 Å². The number of rotatable bonds is 4. The van der Waals surface area contributed by atoms with Gasteiger partial charge in [-0.3, -0.25) is 4.79 Å². The zero-order valence-electron chi connectivity index (χ0n) is 14.0. The number of carbonyl (C=O) groups is 1. The molecular weight excluding hydrogens is 359 g/mol. The summed E-state index contributed by atoms with van der Waals surface area (Å²) in [5.41, 5.74) is 0.413. The number of halogens is 3. The molecule has 27 heavy (non-hydrogen) atoms. The molecule has 3 aromatic rings. The van der Waals surface area contributed by atoms with Crippen LogP contribution in [0.2, 0.25) is 0 Å². The van der Waals surface area contributed by atoms with Crippen LogP contribution in [0.25, 0.3) is 11.5 Å². The fourth-order valence-corrected chi connectivity index (χ4v) is 3.10. The highest BCUT2D eigenvalue weighted by atomic mass is 19.1. The monoisotopic (exact) mass is 373 g/mol. The van der Waals surface area contributed by atoms with Crippen molar-refractivity contribution in [2.75, 3.05) is 6.54 Å². The molecule has 5 nitrogen and oxygen atoms in total. The second kappa shape index (κ2) is 6.86. The zero-order valence-corrected chi connectivity index (χ0v) is 14.0. The highest BCUT2D eigenvalue weighted by Gasteiger charge is 2.34. The van der Waals surface area contributed by atoms with Gasteiger partial charge in [0.1, 0.15) is 17.5 Å². The highest BCUT2D eigenvalue weighted by molar-refractivity contribution is 5.79. The molecule has 1 aromatic heterocycles. The maximum absolute atomic E-state index is 13.8. The fraction of sp³-hybridized carbons (Fsp3) is 0.211. The van der Waals surface area contributed by atoms with E-state index >= 15 is 0 Å². The first kappa shape index (κ1) is 17.3. The number of likely N-dealkylation sites (tertiary alicyclic amines) is 1. The third-order valence-corrected chi connectivity index (χ3v) is 4.50. The fourth-order valence-electron chi connectivity index (χ4n) is 3.10. The molecule has 1 saturated heterocycles. The van der Waals surface area contributed by atoms with E-state index in [0.29, 0.717) is 5.82 Å². The molecule has 4 rings (SSSR count). The van der Waals surface area contributed by atoms with Crippen LogP contribution in [-0.2, 0) is 11.3 Å². The van der Waals surface area contributed by atoms with Gasteiger partial charge in [0.15, 0.2) is 5.82 Å². The van der Waals surface area contributed by atoms with Gasteiger partial charge in [-0.1, -0.05) is 23.4 Å². The Hall–Kier alpha value is -3.16. The van der Waals surface area contributed by atoms with Crippen LogP contribution in [0.3, 0.4) is 0 Å². The largest absolute Gasteiger partial charge is 0.337 e. The van der Waals surface area contributed by atoms with Crippen LogP contribution < -0.4 is 0 Å². The molecular formula is C19H14F3N3O2. The average molecular weight is 373 g/mol. The molecule has 1 fully saturated rings. The van der Waals surface area contributed by atoms with E-state index in [0.717, 1.165) is 12.1 Å². The molecule has 0 bridgehead atoms. The lowest BCUT2D eigenvalue weighted by molar-refractivity contribution is -0.128. The molecule has 8 heteroatoms. The molecule has 2 aromatic carbocycles. The molecule has 0 radical (unpaired) electrons. The molecule has 0 N–H and O–H groups in total. The molecule has 1 aliphatic heterocycles. The van der Waals surface area contributed by atoms with E-state index in [2.05, 4.69) is 10.1 Å². The molecule has 1 atom stereocenters. The smallest absolute Gasteiger partial charge is 0.260 e. The highest BCUT2D eigenvalue weighted by Crippen LogP contribution is 2.30. The summed E-state index contributed by atoms with van der Waals surface area (Å²) in [7, 11) is 0. The minimum absolute atomic E-state index is 0.0273. The molecule has 0 aliphatic carbocycles. The number of hydrogen-bond acceptors (Lipinski definition) is 4. The van der Waals surface area contributed by atoms with Gasteiger partial charge >= 0.3 is 0 Å². The number of hydrogen-bond donors (Lipinski definition) is 0. The van der Waals surface area contributed by atoms with Gasteiger partial charge in [-0.15, -0.1) is 0 Å². The first-order chi connectivity index (χ1) is 13.0. The van der Waals surface area contributed by atoms with E-state index in [-0.39, 0.29) is 48.4 Å². The van der Waals surface area contributed by atoms with Gasteiger partial charge in [0.05, 0.1) is 5.56 Å². The van der Waals surface area contributed by atoms with E-state index in [9.17, 15) is 18.0 Å². The Labute approximate surface area is 152 Å². The minimum atomic E-state index is -0.701. The van der Waals surface area contributed by atoms with Crippen molar-refractivity contribution in [3.8, 4) is 11.5 Å². The van der Waals surface area contributed by atoms with Crippen LogP contribution in [0.4, 0.5) is 13.2 Å². The van der Waals surface area contributed by atoms with Crippen LogP contribution in [0.1, 0.15) is 23.7 Å².